The Kier molecular flexibility index (Phi) is 38.5. The summed E-state index contributed by atoms with van der Waals surface area (Å²) in [6.07, 6.45) is 6.42. The predicted molar refractivity (Wildman–Crippen MR) is 435 cm³/mol. The van der Waals surface area contributed by atoms with Crippen LogP contribution in [0.5, 0.6) is 0 Å². The number of aliphatic hydroxyl groups excluding tert-OH is 2. The van der Waals surface area contributed by atoms with Crippen LogP contribution in [0.15, 0.2) is 259 Å². The van der Waals surface area contributed by atoms with Crippen molar-refractivity contribution in [2.75, 3.05) is 0 Å². The summed E-state index contributed by atoms with van der Waals surface area (Å²) in [5.41, 5.74) is 14.5. The molecule has 0 fully saturated rings. The first-order valence-corrected chi connectivity index (χ1v) is 37.2. The van der Waals surface area contributed by atoms with Crippen molar-refractivity contribution in [3.05, 3.63) is 304 Å². The van der Waals surface area contributed by atoms with Crippen molar-refractivity contribution in [1.29, 1.82) is 0 Å². The van der Waals surface area contributed by atoms with Gasteiger partial charge in [0, 0.05) is 64.9 Å². The van der Waals surface area contributed by atoms with Crippen molar-refractivity contribution < 1.29 is 70.5 Å². The first-order chi connectivity index (χ1) is 48.7. The molecule has 0 spiro atoms. The maximum Gasteiger partial charge on any atom is 3.00 e. The van der Waals surface area contributed by atoms with Crippen LogP contribution in [0.3, 0.4) is 0 Å². The Balaban J connectivity index is 0.000000228. The number of rotatable bonds is 19. The van der Waals surface area contributed by atoms with Crippen molar-refractivity contribution in [2.45, 2.75) is 152 Å². The van der Waals surface area contributed by atoms with Gasteiger partial charge in [0.1, 0.15) is 0 Å². The minimum atomic E-state index is -0.537. The van der Waals surface area contributed by atoms with Gasteiger partial charge in [0.2, 0.25) is 0 Å². The molecule has 7 aromatic carbocycles. The topological polar surface area (TPSA) is 139 Å². The van der Waals surface area contributed by atoms with Gasteiger partial charge in [-0.05, 0) is 115 Å². The fourth-order valence-electron chi connectivity index (χ4n) is 11.1. The minimum Gasteiger partial charge on any atom is -0.672 e. The van der Waals surface area contributed by atoms with E-state index in [1.807, 2.05) is 73.2 Å². The Morgan fingerprint density at radius 3 is 0.933 bits per heavy atom. The largest absolute Gasteiger partial charge is 3.00 e. The van der Waals surface area contributed by atoms with Crippen molar-refractivity contribution in [2.24, 2.45) is 0 Å². The molecule has 10 nitrogen and oxygen atoms in total. The molecule has 104 heavy (non-hydrogen) atoms. The molecule has 0 amide bonds. The van der Waals surface area contributed by atoms with E-state index in [9.17, 15) is 0 Å². The molecule has 13 aromatic rings. The standard InChI is InChI=1S/3C19H12NS.C13H29N3.C13H20N2.C5H10O2.3Ir/c3*1-2-4-14(5-3-1)15-6-8-16(9-7-15)19-17-11-13-21-18(17)10-12-20-19;1-9(2)14-13(15-10(3)4)16(11(5)6)12(7)8;1-10(2)14-13(15-11(3)4)12-8-6-5-7-9-12;1-4(6)3-5(2)7;;;/h3*1-8,10-13H;9-13H,1-8H3;5-11,13H,1-4H3;3-4,6-7H,1-2H3;;;/q3*-1;2*-2;;;2*+3. The Hall–Kier alpha value is -6.88. The number of fused-ring (bicyclic) bond motifs is 3. The van der Waals surface area contributed by atoms with E-state index in [0.29, 0.717) is 36.3 Å². The second kappa shape index (κ2) is 45.6. The molecule has 6 heterocycles. The molecular formula is C88H95Ir3N8O2S3-. The number of benzene rings is 7. The van der Waals surface area contributed by atoms with Crippen molar-refractivity contribution in [1.82, 2.24) is 19.9 Å². The zero-order chi connectivity index (χ0) is 72.2. The summed E-state index contributed by atoms with van der Waals surface area (Å²) in [6.45, 7) is 28.7. The van der Waals surface area contributed by atoms with Crippen LogP contribution < -0.4 is 0 Å². The fourth-order valence-corrected chi connectivity index (χ4v) is 13.4. The summed E-state index contributed by atoms with van der Waals surface area (Å²) in [5.74, 6) is 0.162. The van der Waals surface area contributed by atoms with Crippen LogP contribution in [-0.2, 0) is 60.3 Å². The minimum absolute atomic E-state index is 0. The van der Waals surface area contributed by atoms with Gasteiger partial charge < -0.3 is 51.3 Å². The van der Waals surface area contributed by atoms with Gasteiger partial charge in [0.15, 0.2) is 0 Å². The van der Waals surface area contributed by atoms with Crippen molar-refractivity contribution in [3.8, 4) is 67.2 Å². The molecule has 1 radical (unpaired) electrons. The number of hydrogen-bond donors (Lipinski definition) is 2. The first kappa shape index (κ1) is 87.8. The average molecular weight is 1970 g/mol. The zero-order valence-electron chi connectivity index (χ0n) is 61.6. The van der Waals surface area contributed by atoms with E-state index >= 15 is 0 Å². The van der Waals surface area contributed by atoms with Crippen LogP contribution in [-0.4, -0.2) is 78.7 Å². The number of allylic oxidation sites excluding steroid dienone is 1. The van der Waals surface area contributed by atoms with E-state index in [-0.39, 0.29) is 78.5 Å². The van der Waals surface area contributed by atoms with Gasteiger partial charge in [-0.3, -0.25) is 0 Å². The third-order valence-electron chi connectivity index (χ3n) is 15.4. The molecule has 2 N–H and O–H groups in total. The maximum atomic E-state index is 8.49. The molecule has 0 saturated heterocycles. The first-order valence-electron chi connectivity index (χ1n) is 34.6. The van der Waals surface area contributed by atoms with Gasteiger partial charge in [-0.1, -0.05) is 234 Å². The molecule has 6 aromatic heterocycles. The summed E-state index contributed by atoms with van der Waals surface area (Å²) >= 11 is 5.23. The van der Waals surface area contributed by atoms with E-state index in [4.69, 9.17) is 20.8 Å². The van der Waals surface area contributed by atoms with Gasteiger partial charge in [-0.2, -0.15) is 6.29 Å². The number of aliphatic hydroxyl groups is 2. The van der Waals surface area contributed by atoms with E-state index in [1.54, 1.807) is 40.9 Å². The molecule has 1 unspecified atom stereocenters. The van der Waals surface area contributed by atoms with Crippen molar-refractivity contribution in [3.63, 3.8) is 0 Å². The van der Waals surface area contributed by atoms with E-state index in [0.717, 1.165) is 33.8 Å². The Morgan fingerprint density at radius 2 is 0.692 bits per heavy atom. The van der Waals surface area contributed by atoms with Crippen LogP contribution in [0.2, 0.25) is 0 Å². The molecule has 1 atom stereocenters. The van der Waals surface area contributed by atoms with E-state index < -0.39 is 6.10 Å². The molecule has 0 saturated carbocycles. The van der Waals surface area contributed by atoms with Crippen LogP contribution >= 0.6 is 34.0 Å². The molecule has 0 aliphatic carbocycles. The summed E-state index contributed by atoms with van der Waals surface area (Å²) in [6, 6.07) is 85.1. The summed E-state index contributed by atoms with van der Waals surface area (Å²) in [7, 11) is 0. The zero-order valence-corrected chi connectivity index (χ0v) is 71.3. The smallest absolute Gasteiger partial charge is 0.672 e. The summed E-state index contributed by atoms with van der Waals surface area (Å²) in [5, 5.41) is 45.5. The number of hydrogen-bond acceptors (Lipinski definition) is 9. The van der Waals surface area contributed by atoms with Gasteiger partial charge in [-0.25, -0.2) is 6.17 Å². The Morgan fingerprint density at radius 1 is 0.394 bits per heavy atom. The molecule has 0 bridgehead atoms. The second-order valence-electron chi connectivity index (χ2n) is 25.8. The SMILES string of the molecule is CC(C)[N-]C([N-]C(C)C)N(C(C)C)C(C)C.CC(C)[N-]C([N-]C(C)C)c1ccccc1.CC(O)=CC(C)O.[Ir+3].[Ir+3].[Ir].[c-]1cc(-c2ccccc2)ccc1-c1nccc2sccc12.[c-]1cc(-c2ccccc2)ccc1-c1nccc2sccc12.[c-]1cc(-c2ccccc2)ccc1-c1nccc2sccc12. The second-order valence-corrected chi connectivity index (χ2v) is 28.7. The van der Waals surface area contributed by atoms with E-state index in [1.165, 1.54) is 82.2 Å². The van der Waals surface area contributed by atoms with E-state index in [2.05, 4.69) is 306 Å². The normalized spacial score (nSPS) is 11.4. The van der Waals surface area contributed by atoms with Crippen molar-refractivity contribution >= 4 is 64.3 Å². The molecule has 545 valence electrons. The van der Waals surface area contributed by atoms with Gasteiger partial charge in [0.05, 0.1) is 11.9 Å². The monoisotopic (exact) mass is 1970 g/mol. The number of pyridine rings is 3. The molecule has 0 aliphatic heterocycles. The molecule has 13 rings (SSSR count). The quantitative estimate of drug-likeness (QED) is 0.0611. The van der Waals surface area contributed by atoms with Gasteiger partial charge in [0.25, 0.3) is 0 Å². The fraction of sp³-hybridized carbons (Fsp3) is 0.261. The molecular weight excluding hydrogens is 1870 g/mol. The number of thiophene rings is 3. The number of aromatic nitrogens is 3. The third kappa shape index (κ3) is 27.5. The number of nitrogens with zero attached hydrogens (tertiary/aromatic N) is 8. The van der Waals surface area contributed by atoms with Crippen LogP contribution in [0.25, 0.3) is 119 Å². The molecule has 16 heteroatoms. The van der Waals surface area contributed by atoms with Crippen LogP contribution in [0.4, 0.5) is 0 Å². The van der Waals surface area contributed by atoms with Crippen LogP contribution in [0, 0.1) is 18.2 Å². The Labute approximate surface area is 671 Å². The van der Waals surface area contributed by atoms with Crippen LogP contribution in [0.1, 0.15) is 109 Å². The van der Waals surface area contributed by atoms with Gasteiger partial charge >= 0.3 is 40.2 Å². The predicted octanol–water partition coefficient (Wildman–Crippen LogP) is 25.3. The Bertz CT molecular complexity index is 4120. The molecule has 0 aliphatic rings. The van der Waals surface area contributed by atoms with Gasteiger partial charge in [-0.15, -0.1) is 148 Å². The average Bonchev–Trinajstić information content (AvgIpc) is 1.56. The third-order valence-corrected chi connectivity index (χ3v) is 18.1. The summed E-state index contributed by atoms with van der Waals surface area (Å²) < 4.78 is 3.79. The summed E-state index contributed by atoms with van der Waals surface area (Å²) in [4.78, 5) is 15.9. The maximum absolute atomic E-state index is 8.49.